The maximum absolute atomic E-state index is 14.8. The topological polar surface area (TPSA) is 74.8 Å². The van der Waals surface area contributed by atoms with Gasteiger partial charge in [0.1, 0.15) is 0 Å². The first-order chi connectivity index (χ1) is 19.7. The van der Waals surface area contributed by atoms with Gasteiger partial charge in [0.05, 0.1) is 23.7 Å². The van der Waals surface area contributed by atoms with Gasteiger partial charge in [0.15, 0.2) is 0 Å². The zero-order valence-corrected chi connectivity index (χ0v) is 26.0. The van der Waals surface area contributed by atoms with Crippen LogP contribution in [0.2, 0.25) is 0 Å². The minimum atomic E-state index is -1.04. The van der Waals surface area contributed by atoms with Crippen molar-refractivity contribution in [3.63, 3.8) is 0 Å². The Bertz CT molecular complexity index is 1370. The Hall–Kier alpha value is -3.54. The summed E-state index contributed by atoms with van der Waals surface area (Å²) in [5.74, 6) is -3.83. The molecular weight excluding hydrogens is 524 g/mol. The van der Waals surface area contributed by atoms with Gasteiger partial charge in [-0.05, 0) is 76.7 Å². The fourth-order valence-corrected chi connectivity index (χ4v) is 9.48. The standard InChI is InChI=1S/C36H42N2O4/c1-9-35-23(21-17-13-11-14-18-21)24(22-19-15-12-16-20-22)36(10-2,27-25(35)29(39)37(31(27)41)33(3,4)5)28-26(35)30(40)38(32(28)42)34(6,7)8/h11-20,25-28H,9-10H2,1-8H3. The summed E-state index contributed by atoms with van der Waals surface area (Å²) in [4.78, 5) is 61.9. The summed E-state index contributed by atoms with van der Waals surface area (Å²) >= 11 is 0. The van der Waals surface area contributed by atoms with Crippen molar-refractivity contribution in [2.45, 2.75) is 79.3 Å². The summed E-state index contributed by atoms with van der Waals surface area (Å²) in [7, 11) is 0. The normalized spacial score (nSPS) is 32.7. The molecule has 5 aliphatic rings. The number of imide groups is 2. The lowest BCUT2D eigenvalue weighted by molar-refractivity contribution is -0.156. The second kappa shape index (κ2) is 8.98. The lowest BCUT2D eigenvalue weighted by Gasteiger charge is -2.64. The SMILES string of the molecule is CCC12C(c3ccccc3)=C(c3ccccc3)C(CC)(C3C(=O)N(C(C)(C)C)C(=O)C31)C1C(=O)N(C(C)(C)C)C(=O)C12. The van der Waals surface area contributed by atoms with Gasteiger partial charge in [0.25, 0.3) is 0 Å². The van der Waals surface area contributed by atoms with Crippen LogP contribution in [0.4, 0.5) is 0 Å². The number of amides is 4. The number of carbonyl (C=O) groups is 4. The van der Waals surface area contributed by atoms with Gasteiger partial charge in [-0.3, -0.25) is 29.0 Å². The van der Waals surface area contributed by atoms with E-state index in [1.54, 1.807) is 0 Å². The average Bonchev–Trinajstić information content (AvgIpc) is 3.40. The number of hydrogen-bond donors (Lipinski definition) is 0. The van der Waals surface area contributed by atoms with Crippen molar-refractivity contribution in [1.29, 1.82) is 0 Å². The van der Waals surface area contributed by atoms with Crippen LogP contribution in [0.5, 0.6) is 0 Å². The van der Waals surface area contributed by atoms with Crippen LogP contribution < -0.4 is 0 Å². The Morgan fingerprint density at radius 1 is 0.524 bits per heavy atom. The molecule has 2 bridgehead atoms. The van der Waals surface area contributed by atoms with Crippen molar-refractivity contribution in [1.82, 2.24) is 9.80 Å². The number of rotatable bonds is 4. The van der Waals surface area contributed by atoms with E-state index in [1.165, 1.54) is 9.80 Å². The second-order valence-electron chi connectivity index (χ2n) is 14.5. The highest BCUT2D eigenvalue weighted by molar-refractivity contribution is 6.19. The van der Waals surface area contributed by atoms with Gasteiger partial charge < -0.3 is 0 Å². The Morgan fingerprint density at radius 3 is 1.00 bits per heavy atom. The molecule has 0 N–H and O–H groups in total. The first kappa shape index (κ1) is 28.6. The van der Waals surface area contributed by atoms with Gasteiger partial charge >= 0.3 is 0 Å². The first-order valence-corrected chi connectivity index (χ1v) is 15.3. The fraction of sp³-hybridized carbons (Fsp3) is 0.500. The lowest BCUT2D eigenvalue weighted by Crippen LogP contribution is -2.65. The average molecular weight is 567 g/mol. The maximum atomic E-state index is 14.8. The molecule has 220 valence electrons. The molecule has 0 spiro atoms. The van der Waals surface area contributed by atoms with E-state index in [9.17, 15) is 19.2 Å². The number of likely N-dealkylation sites (tertiary alicyclic amines) is 2. The molecule has 4 unspecified atom stereocenters. The molecule has 0 radical (unpaired) electrons. The van der Waals surface area contributed by atoms with Crippen LogP contribution in [0.3, 0.4) is 0 Å². The number of carbonyl (C=O) groups excluding carboxylic acids is 4. The largest absolute Gasteiger partial charge is 0.277 e. The molecule has 2 saturated heterocycles. The molecule has 2 heterocycles. The molecular formula is C36H42N2O4. The van der Waals surface area contributed by atoms with Gasteiger partial charge in [-0.15, -0.1) is 0 Å². The van der Waals surface area contributed by atoms with Gasteiger partial charge in [0, 0.05) is 21.9 Å². The Labute approximate surface area is 249 Å². The smallest absolute Gasteiger partial charge is 0.234 e. The summed E-state index contributed by atoms with van der Waals surface area (Å²) < 4.78 is 0. The van der Waals surface area contributed by atoms with Crippen molar-refractivity contribution in [3.8, 4) is 0 Å². The van der Waals surface area contributed by atoms with E-state index in [0.29, 0.717) is 12.8 Å². The number of nitrogens with zero attached hydrogens (tertiary/aromatic N) is 2. The number of benzene rings is 2. The zero-order valence-electron chi connectivity index (χ0n) is 26.0. The minimum Gasteiger partial charge on any atom is -0.277 e. The molecule has 1 saturated carbocycles. The lowest BCUT2D eigenvalue weighted by atomic mass is 9.34. The molecule has 2 aliphatic heterocycles. The van der Waals surface area contributed by atoms with Crippen molar-refractivity contribution in [2.75, 3.05) is 0 Å². The van der Waals surface area contributed by atoms with Crippen molar-refractivity contribution >= 4 is 34.8 Å². The van der Waals surface area contributed by atoms with E-state index in [4.69, 9.17) is 0 Å². The maximum Gasteiger partial charge on any atom is 0.234 e. The molecule has 4 atom stereocenters. The highest BCUT2D eigenvalue weighted by Crippen LogP contribution is 2.78. The molecule has 0 aromatic heterocycles. The first-order valence-electron chi connectivity index (χ1n) is 15.3. The second-order valence-corrected chi connectivity index (χ2v) is 14.5. The van der Waals surface area contributed by atoms with Crippen molar-refractivity contribution < 1.29 is 19.2 Å². The van der Waals surface area contributed by atoms with Gasteiger partial charge in [-0.2, -0.15) is 0 Å². The summed E-state index contributed by atoms with van der Waals surface area (Å²) in [5.41, 5.74) is 0.222. The van der Waals surface area contributed by atoms with Crippen LogP contribution in [0.15, 0.2) is 60.7 Å². The Kier molecular flexibility index (Phi) is 6.11. The van der Waals surface area contributed by atoms with Gasteiger partial charge in [0.2, 0.25) is 23.6 Å². The number of allylic oxidation sites excluding steroid dienone is 2. The quantitative estimate of drug-likeness (QED) is 0.412. The van der Waals surface area contributed by atoms with E-state index in [-0.39, 0.29) is 23.6 Å². The Morgan fingerprint density at radius 2 is 0.786 bits per heavy atom. The van der Waals surface area contributed by atoms with E-state index in [2.05, 4.69) is 24.3 Å². The predicted octanol–water partition coefficient (Wildman–Crippen LogP) is 6.22. The molecule has 3 aliphatic carbocycles. The summed E-state index contributed by atoms with van der Waals surface area (Å²) in [5, 5.41) is 0. The van der Waals surface area contributed by atoms with Crippen LogP contribution in [0.1, 0.15) is 79.4 Å². The number of hydrogen-bond acceptors (Lipinski definition) is 4. The predicted molar refractivity (Wildman–Crippen MR) is 162 cm³/mol. The minimum absolute atomic E-state index is 0.217. The monoisotopic (exact) mass is 566 g/mol. The van der Waals surface area contributed by atoms with Crippen LogP contribution in [-0.2, 0) is 19.2 Å². The highest BCUT2D eigenvalue weighted by atomic mass is 16.2. The van der Waals surface area contributed by atoms with E-state index < -0.39 is 45.6 Å². The Balaban J connectivity index is 1.83. The van der Waals surface area contributed by atoms with Crippen LogP contribution in [0, 0.1) is 34.5 Å². The van der Waals surface area contributed by atoms with E-state index in [0.717, 1.165) is 22.3 Å². The fourth-order valence-electron chi connectivity index (χ4n) is 9.48. The van der Waals surface area contributed by atoms with Crippen LogP contribution in [-0.4, -0.2) is 44.5 Å². The summed E-state index contributed by atoms with van der Waals surface area (Å²) in [6.45, 7) is 15.4. The van der Waals surface area contributed by atoms with Crippen molar-refractivity contribution in [2.24, 2.45) is 34.5 Å². The highest BCUT2D eigenvalue weighted by Gasteiger charge is 2.82. The van der Waals surface area contributed by atoms with E-state index in [1.807, 2.05) is 91.8 Å². The third-order valence-electron chi connectivity index (χ3n) is 10.6. The summed E-state index contributed by atoms with van der Waals surface area (Å²) in [6.07, 6.45) is 0.896. The molecule has 4 amide bonds. The van der Waals surface area contributed by atoms with Crippen molar-refractivity contribution in [3.05, 3.63) is 71.8 Å². The molecule has 6 heteroatoms. The molecule has 3 fully saturated rings. The molecule has 7 rings (SSSR count). The van der Waals surface area contributed by atoms with Crippen LogP contribution in [0.25, 0.3) is 11.1 Å². The third-order valence-corrected chi connectivity index (χ3v) is 10.6. The van der Waals surface area contributed by atoms with E-state index >= 15 is 0 Å². The van der Waals surface area contributed by atoms with Gasteiger partial charge in [-0.25, -0.2) is 0 Å². The summed E-state index contributed by atoms with van der Waals surface area (Å²) in [6, 6.07) is 20.1. The zero-order chi connectivity index (χ0) is 30.6. The van der Waals surface area contributed by atoms with Gasteiger partial charge in [-0.1, -0.05) is 74.5 Å². The molecule has 2 aromatic rings. The molecule has 42 heavy (non-hydrogen) atoms. The molecule has 2 aromatic carbocycles. The third kappa shape index (κ3) is 3.27. The molecule has 6 nitrogen and oxygen atoms in total. The van der Waals surface area contributed by atoms with Crippen LogP contribution >= 0.6 is 0 Å².